The lowest BCUT2D eigenvalue weighted by Crippen LogP contribution is -2.38. The fourth-order valence-electron chi connectivity index (χ4n) is 3.59. The highest BCUT2D eigenvalue weighted by Gasteiger charge is 2.47. The lowest BCUT2D eigenvalue weighted by molar-refractivity contribution is -0.0517. The third kappa shape index (κ3) is 5.53. The van der Waals surface area contributed by atoms with Crippen molar-refractivity contribution in [2.75, 3.05) is 0 Å². The number of hydrogen-bond donors (Lipinski definition) is 0. The molecule has 3 aromatic carbocycles. The number of halogens is 3. The second-order valence-electron chi connectivity index (χ2n) is 7.23. The molecule has 4 aromatic rings. The number of nitrogens with zero attached hydrogens (tertiary/aromatic N) is 1. The van der Waals surface area contributed by atoms with Crippen molar-refractivity contribution < 1.29 is 26.1 Å². The summed E-state index contributed by atoms with van der Waals surface area (Å²) in [6.07, 6.45) is 1.94. The summed E-state index contributed by atoms with van der Waals surface area (Å²) in [5.74, 6) is 0. The van der Waals surface area contributed by atoms with Crippen LogP contribution in [0.1, 0.15) is 5.69 Å². The molecule has 0 saturated heterocycles. The maximum absolute atomic E-state index is 10.7. The molecule has 0 aliphatic carbocycles. The van der Waals surface area contributed by atoms with Gasteiger partial charge in [-0.3, -0.25) is 4.98 Å². The van der Waals surface area contributed by atoms with Crippen molar-refractivity contribution in [1.82, 2.24) is 4.98 Å². The summed E-state index contributed by atoms with van der Waals surface area (Å²) in [4.78, 5) is 4.45. The number of alkyl halides is 3. The van der Waals surface area contributed by atoms with Crippen molar-refractivity contribution in [2.45, 2.75) is 12.4 Å². The average molecular weight is 503 g/mol. The number of aryl methyl sites for hydroxylation is 1. The fraction of sp³-hybridized carbons (Fsp3) is 0.0800. The minimum absolute atomic E-state index is 1.05. The molecule has 1 heterocycles. The van der Waals surface area contributed by atoms with Crippen LogP contribution >= 0.6 is 7.26 Å². The SMILES string of the molecule is Cc1cc([P+](c2ccccc2)(c2ccccc2)c2ccccc2)ccn1.O=S(=O)([O-])C(F)(F)F. The van der Waals surface area contributed by atoms with Gasteiger partial charge in [0.05, 0.1) is 0 Å². The molecule has 1 aromatic heterocycles. The molecule has 9 heteroatoms. The Labute approximate surface area is 197 Å². The van der Waals surface area contributed by atoms with E-state index < -0.39 is 22.9 Å². The van der Waals surface area contributed by atoms with Gasteiger partial charge in [0.15, 0.2) is 10.1 Å². The standard InChI is InChI=1S/C24H21NP.CHF3O3S/c1-20-19-24(17-18-25-20)26(21-11-5-2-6-12-21,22-13-7-3-8-14-22)23-15-9-4-10-16-23;2-1(3,4)8(5,6)7/h2-19H,1H3;(H,5,6,7)/q+1;/p-1. The molecule has 0 aliphatic rings. The van der Waals surface area contributed by atoms with E-state index >= 15 is 0 Å². The van der Waals surface area contributed by atoms with E-state index in [1.54, 1.807) is 0 Å². The van der Waals surface area contributed by atoms with E-state index in [4.69, 9.17) is 13.0 Å². The Morgan fingerprint density at radius 3 is 1.35 bits per heavy atom. The molecular weight excluding hydrogens is 482 g/mol. The summed E-state index contributed by atoms with van der Waals surface area (Å²) in [6, 6.07) is 37.2. The predicted octanol–water partition coefficient (Wildman–Crippen LogP) is 4.06. The van der Waals surface area contributed by atoms with Crippen LogP contribution in [0.4, 0.5) is 13.2 Å². The van der Waals surface area contributed by atoms with E-state index in [0.717, 1.165) is 5.69 Å². The second kappa shape index (κ2) is 10.5. The topological polar surface area (TPSA) is 70.1 Å². The van der Waals surface area contributed by atoms with Gasteiger partial charge in [0.1, 0.15) is 28.5 Å². The Bertz CT molecular complexity index is 1220. The summed E-state index contributed by atoms with van der Waals surface area (Å²) in [7, 11) is -8.06. The normalized spacial score (nSPS) is 11.9. The first-order chi connectivity index (χ1) is 16.1. The monoisotopic (exact) mass is 503 g/mol. The molecule has 0 saturated carbocycles. The predicted molar refractivity (Wildman–Crippen MR) is 130 cm³/mol. The molecule has 0 spiro atoms. The molecule has 0 radical (unpaired) electrons. The molecule has 0 unspecified atom stereocenters. The fourth-order valence-corrected chi connectivity index (χ4v) is 7.91. The minimum atomic E-state index is -6.09. The van der Waals surface area contributed by atoms with Gasteiger partial charge in [-0.2, -0.15) is 13.2 Å². The maximum Gasteiger partial charge on any atom is 0.485 e. The Balaban J connectivity index is 0.000000350. The highest BCUT2D eigenvalue weighted by Crippen LogP contribution is 2.54. The Hall–Kier alpha value is -3.06. The number of rotatable bonds is 4. The van der Waals surface area contributed by atoms with Crippen LogP contribution in [-0.4, -0.2) is 23.5 Å². The average Bonchev–Trinajstić information content (AvgIpc) is 2.81. The summed E-state index contributed by atoms with van der Waals surface area (Å²) in [5, 5.41) is 5.43. The van der Waals surface area contributed by atoms with E-state index in [-0.39, 0.29) is 0 Å². The van der Waals surface area contributed by atoms with Crippen LogP contribution in [0.25, 0.3) is 0 Å². The van der Waals surface area contributed by atoms with Crippen molar-refractivity contribution in [3.8, 4) is 0 Å². The van der Waals surface area contributed by atoms with Gasteiger partial charge < -0.3 is 4.55 Å². The minimum Gasteiger partial charge on any atom is -0.741 e. The first-order valence-corrected chi connectivity index (χ1v) is 13.3. The molecule has 4 rings (SSSR count). The first-order valence-electron chi connectivity index (χ1n) is 10.1. The molecule has 176 valence electrons. The highest BCUT2D eigenvalue weighted by molar-refractivity contribution is 8.01. The molecule has 4 nitrogen and oxygen atoms in total. The lowest BCUT2D eigenvalue weighted by Gasteiger charge is -2.27. The van der Waals surface area contributed by atoms with Gasteiger partial charge in [-0.05, 0) is 49.4 Å². The van der Waals surface area contributed by atoms with E-state index in [0.29, 0.717) is 0 Å². The van der Waals surface area contributed by atoms with Crippen LogP contribution in [0.15, 0.2) is 109 Å². The molecule has 0 atom stereocenters. The lowest BCUT2D eigenvalue weighted by atomic mass is 10.3. The van der Waals surface area contributed by atoms with Gasteiger partial charge in [0.25, 0.3) is 0 Å². The van der Waals surface area contributed by atoms with Gasteiger partial charge in [-0.1, -0.05) is 54.6 Å². The number of benzene rings is 3. The zero-order valence-corrected chi connectivity index (χ0v) is 19.8. The molecule has 0 amide bonds. The quantitative estimate of drug-likeness (QED) is 0.239. The van der Waals surface area contributed by atoms with E-state index in [1.165, 1.54) is 21.2 Å². The summed E-state index contributed by atoms with van der Waals surface area (Å²) >= 11 is 0. The van der Waals surface area contributed by atoms with Crippen molar-refractivity contribution in [2.24, 2.45) is 0 Å². The van der Waals surface area contributed by atoms with Crippen molar-refractivity contribution in [3.63, 3.8) is 0 Å². The molecular formula is C25H21F3NO3PS. The van der Waals surface area contributed by atoms with Crippen molar-refractivity contribution in [1.29, 1.82) is 0 Å². The highest BCUT2D eigenvalue weighted by atomic mass is 32.2. The van der Waals surface area contributed by atoms with Gasteiger partial charge in [-0.15, -0.1) is 0 Å². The third-order valence-corrected chi connectivity index (χ3v) is 9.82. The Morgan fingerprint density at radius 1 is 0.706 bits per heavy atom. The Kier molecular flexibility index (Phi) is 7.87. The van der Waals surface area contributed by atoms with E-state index in [1.807, 2.05) is 6.20 Å². The summed E-state index contributed by atoms with van der Waals surface area (Å²) in [6.45, 7) is 2.07. The number of pyridine rings is 1. The summed E-state index contributed by atoms with van der Waals surface area (Å²) < 4.78 is 58.9. The number of aromatic nitrogens is 1. The van der Waals surface area contributed by atoms with Gasteiger partial charge in [0.2, 0.25) is 0 Å². The van der Waals surface area contributed by atoms with Crippen LogP contribution in [-0.2, 0) is 10.1 Å². The van der Waals surface area contributed by atoms with E-state index in [2.05, 4.69) is 115 Å². The molecule has 0 N–H and O–H groups in total. The van der Waals surface area contributed by atoms with Gasteiger partial charge in [-0.25, -0.2) is 8.42 Å². The first kappa shape index (κ1) is 25.6. The molecule has 0 fully saturated rings. The largest absolute Gasteiger partial charge is 0.741 e. The van der Waals surface area contributed by atoms with E-state index in [9.17, 15) is 13.2 Å². The zero-order chi connectivity index (χ0) is 24.8. The third-order valence-electron chi connectivity index (χ3n) is 4.98. The van der Waals surface area contributed by atoms with Crippen LogP contribution in [0.2, 0.25) is 0 Å². The smallest absolute Gasteiger partial charge is 0.485 e. The van der Waals surface area contributed by atoms with Crippen molar-refractivity contribution >= 4 is 38.6 Å². The van der Waals surface area contributed by atoms with Crippen LogP contribution in [0, 0.1) is 6.92 Å². The Morgan fingerprint density at radius 2 is 1.06 bits per heavy atom. The molecule has 34 heavy (non-hydrogen) atoms. The van der Waals surface area contributed by atoms with Crippen LogP contribution in [0.5, 0.6) is 0 Å². The molecule has 0 aliphatic heterocycles. The van der Waals surface area contributed by atoms with Crippen LogP contribution < -0.4 is 21.2 Å². The second-order valence-corrected chi connectivity index (χ2v) is 12.0. The van der Waals surface area contributed by atoms with Crippen LogP contribution in [0.3, 0.4) is 0 Å². The zero-order valence-electron chi connectivity index (χ0n) is 18.1. The molecule has 0 bridgehead atoms. The summed E-state index contributed by atoms with van der Waals surface area (Å²) in [5.41, 5.74) is -4.60. The van der Waals surface area contributed by atoms with Gasteiger partial charge >= 0.3 is 5.51 Å². The number of hydrogen-bond acceptors (Lipinski definition) is 4. The van der Waals surface area contributed by atoms with Gasteiger partial charge in [0, 0.05) is 18.0 Å². The van der Waals surface area contributed by atoms with Crippen molar-refractivity contribution in [3.05, 3.63) is 115 Å². The maximum atomic E-state index is 10.7.